The van der Waals surface area contributed by atoms with Crippen molar-refractivity contribution in [2.24, 2.45) is 7.05 Å². The van der Waals surface area contributed by atoms with E-state index in [1.54, 1.807) is 6.20 Å². The van der Waals surface area contributed by atoms with Crippen molar-refractivity contribution in [3.8, 4) is 0 Å². The summed E-state index contributed by atoms with van der Waals surface area (Å²) in [5, 5.41) is 3.66. The van der Waals surface area contributed by atoms with Crippen molar-refractivity contribution in [1.82, 2.24) is 24.8 Å². The lowest BCUT2D eigenvalue weighted by Gasteiger charge is -2.19. The van der Waals surface area contributed by atoms with Crippen molar-refractivity contribution in [1.29, 1.82) is 0 Å². The predicted molar refractivity (Wildman–Crippen MR) is 92.8 cm³/mol. The number of amides is 1. The largest absolute Gasteiger partial charge is 0.338 e. The molecule has 0 aliphatic rings. The molecule has 0 fully saturated rings. The summed E-state index contributed by atoms with van der Waals surface area (Å²) in [7, 11) is 1.90. The maximum absolute atomic E-state index is 12.6. The minimum atomic E-state index is -0.348. The lowest BCUT2D eigenvalue weighted by molar-refractivity contribution is 0.0940. The third-order valence-electron chi connectivity index (χ3n) is 3.60. The summed E-state index contributed by atoms with van der Waals surface area (Å²) >= 11 is 1.43. The summed E-state index contributed by atoms with van der Waals surface area (Å²) in [6.07, 6.45) is 8.53. The summed E-state index contributed by atoms with van der Waals surface area (Å²) in [6, 6.07) is 9.40. The molecule has 0 aliphatic carbocycles. The zero-order chi connectivity index (χ0) is 16.9. The number of carbonyl (C=O) groups excluding carboxylic acids is 1. The summed E-state index contributed by atoms with van der Waals surface area (Å²) in [5.74, 6) is 0.524. The molecule has 7 heteroatoms. The third-order valence-corrected chi connectivity index (χ3v) is 4.17. The average molecular weight is 339 g/mol. The number of hydrogen-bond donors (Lipinski definition) is 1. The number of carbonyl (C=O) groups is 1. The highest BCUT2D eigenvalue weighted by molar-refractivity contribution is 7.98. The highest BCUT2D eigenvalue weighted by Crippen LogP contribution is 2.20. The summed E-state index contributed by atoms with van der Waals surface area (Å²) in [4.78, 5) is 25.3. The maximum atomic E-state index is 12.6. The molecular formula is C17H17N5OS. The van der Waals surface area contributed by atoms with E-state index in [-0.39, 0.29) is 11.9 Å². The molecule has 1 aromatic carbocycles. The van der Waals surface area contributed by atoms with Crippen LogP contribution in [0, 0.1) is 0 Å². The van der Waals surface area contributed by atoms with E-state index >= 15 is 0 Å². The Morgan fingerprint density at radius 3 is 2.46 bits per heavy atom. The molecular weight excluding hydrogens is 322 g/mol. The van der Waals surface area contributed by atoms with Crippen LogP contribution >= 0.6 is 11.8 Å². The molecule has 3 rings (SSSR count). The smallest absolute Gasteiger partial charge is 0.255 e. The van der Waals surface area contributed by atoms with Crippen LogP contribution in [0.5, 0.6) is 0 Å². The Balaban J connectivity index is 1.89. The van der Waals surface area contributed by atoms with E-state index in [0.717, 1.165) is 11.4 Å². The van der Waals surface area contributed by atoms with Crippen LogP contribution in [0.15, 0.2) is 60.3 Å². The van der Waals surface area contributed by atoms with Crippen LogP contribution < -0.4 is 5.32 Å². The lowest BCUT2D eigenvalue weighted by Crippen LogP contribution is -2.31. The first-order chi connectivity index (χ1) is 11.7. The van der Waals surface area contributed by atoms with Crippen LogP contribution in [-0.2, 0) is 7.05 Å². The zero-order valence-electron chi connectivity index (χ0n) is 13.4. The molecule has 0 radical (unpaired) electrons. The van der Waals surface area contributed by atoms with Gasteiger partial charge in [-0.3, -0.25) is 4.79 Å². The van der Waals surface area contributed by atoms with Gasteiger partial charge in [-0.25, -0.2) is 15.0 Å². The molecule has 0 saturated carbocycles. The van der Waals surface area contributed by atoms with Crippen molar-refractivity contribution in [2.45, 2.75) is 11.2 Å². The summed E-state index contributed by atoms with van der Waals surface area (Å²) in [6.45, 7) is 0. The van der Waals surface area contributed by atoms with E-state index in [1.165, 1.54) is 24.2 Å². The fourth-order valence-corrected chi connectivity index (χ4v) is 2.67. The number of aromatic nitrogens is 4. The van der Waals surface area contributed by atoms with Gasteiger partial charge in [0, 0.05) is 31.8 Å². The number of hydrogen-bond acceptors (Lipinski definition) is 5. The number of thioether (sulfide) groups is 1. The first-order valence-electron chi connectivity index (χ1n) is 7.38. The minimum absolute atomic E-state index is 0.237. The summed E-state index contributed by atoms with van der Waals surface area (Å²) < 4.78 is 1.89. The second-order valence-electron chi connectivity index (χ2n) is 5.17. The van der Waals surface area contributed by atoms with Crippen LogP contribution in [0.1, 0.15) is 27.8 Å². The van der Waals surface area contributed by atoms with Crippen molar-refractivity contribution < 1.29 is 4.79 Å². The van der Waals surface area contributed by atoms with Crippen LogP contribution in [0.4, 0.5) is 0 Å². The molecule has 2 heterocycles. The lowest BCUT2D eigenvalue weighted by atomic mass is 10.1. The Morgan fingerprint density at radius 1 is 1.17 bits per heavy atom. The topological polar surface area (TPSA) is 72.7 Å². The number of aryl methyl sites for hydroxylation is 1. The molecule has 122 valence electrons. The van der Waals surface area contributed by atoms with Gasteiger partial charge in [0.2, 0.25) is 0 Å². The van der Waals surface area contributed by atoms with Gasteiger partial charge in [0.15, 0.2) is 5.16 Å². The maximum Gasteiger partial charge on any atom is 0.255 e. The minimum Gasteiger partial charge on any atom is -0.338 e. The number of nitrogens with one attached hydrogen (secondary N) is 1. The molecule has 1 amide bonds. The molecule has 1 atom stereocenters. The second kappa shape index (κ2) is 7.27. The SMILES string of the molecule is CSc1ncc(C(=O)NC(c2ccccc2)c2nccn2C)cn1. The predicted octanol–water partition coefficient (Wildman–Crippen LogP) is 2.45. The molecule has 0 bridgehead atoms. The normalized spacial score (nSPS) is 11.9. The van der Waals surface area contributed by atoms with E-state index < -0.39 is 0 Å². The molecule has 24 heavy (non-hydrogen) atoms. The molecule has 6 nitrogen and oxygen atoms in total. The van der Waals surface area contributed by atoms with Gasteiger partial charge in [-0.2, -0.15) is 0 Å². The van der Waals surface area contributed by atoms with E-state index in [1.807, 2.05) is 54.4 Å². The van der Waals surface area contributed by atoms with Gasteiger partial charge in [0.1, 0.15) is 11.9 Å². The first kappa shape index (κ1) is 16.2. The van der Waals surface area contributed by atoms with Gasteiger partial charge in [-0.1, -0.05) is 42.1 Å². The van der Waals surface area contributed by atoms with Gasteiger partial charge in [0.05, 0.1) is 5.56 Å². The van der Waals surface area contributed by atoms with Crippen molar-refractivity contribution in [2.75, 3.05) is 6.26 Å². The van der Waals surface area contributed by atoms with Crippen LogP contribution in [0.3, 0.4) is 0 Å². The third kappa shape index (κ3) is 3.46. The van der Waals surface area contributed by atoms with Gasteiger partial charge in [0.25, 0.3) is 5.91 Å². The molecule has 1 N–H and O–H groups in total. The van der Waals surface area contributed by atoms with Gasteiger partial charge >= 0.3 is 0 Å². The quantitative estimate of drug-likeness (QED) is 0.571. The van der Waals surface area contributed by atoms with Crippen molar-refractivity contribution in [3.05, 3.63) is 72.1 Å². The molecule has 3 aromatic rings. The summed E-state index contributed by atoms with van der Waals surface area (Å²) in [5.41, 5.74) is 1.38. The van der Waals surface area contributed by atoms with Crippen molar-refractivity contribution in [3.63, 3.8) is 0 Å². The van der Waals surface area contributed by atoms with E-state index in [9.17, 15) is 4.79 Å². The molecule has 2 aromatic heterocycles. The standard InChI is InChI=1S/C17H17N5OS/c1-22-9-8-18-15(22)14(12-6-4-3-5-7-12)21-16(23)13-10-19-17(24-2)20-11-13/h3-11,14H,1-2H3,(H,21,23). The highest BCUT2D eigenvalue weighted by Gasteiger charge is 2.21. The zero-order valence-corrected chi connectivity index (χ0v) is 14.2. The Morgan fingerprint density at radius 2 is 1.88 bits per heavy atom. The fourth-order valence-electron chi connectivity index (χ4n) is 2.35. The van der Waals surface area contributed by atoms with E-state index in [4.69, 9.17) is 0 Å². The number of benzene rings is 1. The number of imidazole rings is 1. The van der Waals surface area contributed by atoms with Crippen molar-refractivity contribution >= 4 is 17.7 Å². The van der Waals surface area contributed by atoms with Gasteiger partial charge < -0.3 is 9.88 Å². The molecule has 0 saturated heterocycles. The van der Waals surface area contributed by atoms with E-state index in [2.05, 4.69) is 20.3 Å². The van der Waals surface area contributed by atoms with Gasteiger partial charge in [-0.15, -0.1) is 0 Å². The van der Waals surface area contributed by atoms with Crippen LogP contribution in [0.2, 0.25) is 0 Å². The van der Waals surface area contributed by atoms with E-state index in [0.29, 0.717) is 10.7 Å². The molecule has 0 aliphatic heterocycles. The molecule has 1 unspecified atom stereocenters. The second-order valence-corrected chi connectivity index (χ2v) is 5.95. The van der Waals surface area contributed by atoms with Crippen LogP contribution in [0.25, 0.3) is 0 Å². The Bertz CT molecular complexity index is 817. The average Bonchev–Trinajstić information content (AvgIpc) is 3.06. The Hall–Kier alpha value is -2.67. The van der Waals surface area contributed by atoms with Crippen LogP contribution in [-0.4, -0.2) is 31.7 Å². The Kier molecular flexibility index (Phi) is 4.90. The van der Waals surface area contributed by atoms with Gasteiger partial charge in [-0.05, 0) is 11.8 Å². The molecule has 0 spiro atoms. The highest BCUT2D eigenvalue weighted by atomic mass is 32.2. The first-order valence-corrected chi connectivity index (χ1v) is 8.60. The monoisotopic (exact) mass is 339 g/mol. The Labute approximate surface area is 144 Å². The number of nitrogens with zero attached hydrogens (tertiary/aromatic N) is 4. The fraction of sp³-hybridized carbons (Fsp3) is 0.176. The number of rotatable bonds is 5.